The molecule has 3 aromatic rings. The number of benzene rings is 1. The first kappa shape index (κ1) is 25.6. The number of sulfonamides is 1. The predicted octanol–water partition coefficient (Wildman–Crippen LogP) is 3.73. The zero-order valence-corrected chi connectivity index (χ0v) is 22.3. The van der Waals surface area contributed by atoms with Crippen LogP contribution in [0.5, 0.6) is 5.75 Å². The molecule has 1 aliphatic rings. The summed E-state index contributed by atoms with van der Waals surface area (Å²) in [6.45, 7) is 6.22. The lowest BCUT2D eigenvalue weighted by Gasteiger charge is -2.34. The molecule has 1 aliphatic heterocycles. The Morgan fingerprint density at radius 3 is 2.60 bits per heavy atom. The van der Waals surface area contributed by atoms with Gasteiger partial charge in [0.05, 0.1) is 23.8 Å². The highest BCUT2D eigenvalue weighted by molar-refractivity contribution is 7.89. The van der Waals surface area contributed by atoms with Crippen LogP contribution >= 0.6 is 22.9 Å². The molecular formula is C23H27ClN4O5S2. The number of piperidine rings is 1. The van der Waals surface area contributed by atoms with Crippen molar-refractivity contribution in [3.63, 3.8) is 0 Å². The number of nitrogens with zero attached hydrogens (tertiary/aromatic N) is 3. The van der Waals surface area contributed by atoms with Gasteiger partial charge < -0.3 is 10.1 Å². The lowest BCUT2D eigenvalue weighted by molar-refractivity contribution is -0.116. The minimum atomic E-state index is -3.91. The van der Waals surface area contributed by atoms with Crippen molar-refractivity contribution in [2.45, 2.75) is 38.6 Å². The van der Waals surface area contributed by atoms with Crippen molar-refractivity contribution in [1.29, 1.82) is 0 Å². The van der Waals surface area contributed by atoms with Gasteiger partial charge in [0.25, 0.3) is 5.56 Å². The highest BCUT2D eigenvalue weighted by Gasteiger charge is 2.35. The van der Waals surface area contributed by atoms with Crippen LogP contribution in [-0.2, 0) is 21.4 Å². The third-order valence-electron chi connectivity index (χ3n) is 5.98. The van der Waals surface area contributed by atoms with Crippen LogP contribution in [0.2, 0.25) is 5.02 Å². The lowest BCUT2D eigenvalue weighted by Crippen LogP contribution is -2.42. The minimum absolute atomic E-state index is 0.00649. The van der Waals surface area contributed by atoms with Gasteiger partial charge in [-0.05, 0) is 43.4 Å². The Labute approximate surface area is 212 Å². The summed E-state index contributed by atoms with van der Waals surface area (Å²) in [4.78, 5) is 31.1. The first-order valence-electron chi connectivity index (χ1n) is 11.1. The fourth-order valence-electron chi connectivity index (χ4n) is 4.57. The van der Waals surface area contributed by atoms with E-state index >= 15 is 0 Å². The number of methoxy groups -OCH3 is 1. The van der Waals surface area contributed by atoms with Crippen LogP contribution in [0, 0.1) is 18.8 Å². The Kier molecular flexibility index (Phi) is 7.23. The number of carbonyl (C=O) groups excluding carboxylic acids is 1. The quantitative estimate of drug-likeness (QED) is 0.512. The normalized spacial score (nSPS) is 19.1. The second-order valence-corrected chi connectivity index (χ2v) is 12.5. The van der Waals surface area contributed by atoms with Crippen LogP contribution in [0.1, 0.15) is 25.1 Å². The van der Waals surface area contributed by atoms with Crippen LogP contribution < -0.4 is 15.6 Å². The van der Waals surface area contributed by atoms with E-state index in [2.05, 4.69) is 10.3 Å². The number of fused-ring (bicyclic) bond motifs is 1. The summed E-state index contributed by atoms with van der Waals surface area (Å²) in [5, 5.41) is 3.04. The zero-order valence-electron chi connectivity index (χ0n) is 19.9. The van der Waals surface area contributed by atoms with Crippen molar-refractivity contribution in [2.24, 2.45) is 11.8 Å². The molecule has 0 saturated carbocycles. The molecule has 1 aromatic carbocycles. The van der Waals surface area contributed by atoms with Crippen LogP contribution in [-0.4, -0.2) is 48.4 Å². The maximum Gasteiger partial charge on any atom is 0.263 e. The van der Waals surface area contributed by atoms with Gasteiger partial charge >= 0.3 is 0 Å². The van der Waals surface area contributed by atoms with Crippen LogP contribution in [0.15, 0.2) is 34.2 Å². The number of halogens is 1. The number of amides is 1. The highest BCUT2D eigenvalue weighted by Crippen LogP contribution is 2.35. The molecule has 1 fully saturated rings. The van der Waals surface area contributed by atoms with Crippen LogP contribution in [0.3, 0.4) is 0 Å². The third-order valence-corrected chi connectivity index (χ3v) is 9.42. The Bertz CT molecular complexity index is 1440. The Morgan fingerprint density at radius 1 is 1.29 bits per heavy atom. The SMILES string of the molecule is COc1ccc(NC(=O)Cn2cnc3sc(C)c(S(=O)(=O)N4CC(C)CC(C)C4)c3c2=O)cc1Cl. The fourth-order valence-corrected chi connectivity index (χ4v) is 8.17. The largest absolute Gasteiger partial charge is 0.495 e. The Morgan fingerprint density at radius 2 is 1.97 bits per heavy atom. The molecule has 1 saturated heterocycles. The number of rotatable bonds is 6. The number of thiophene rings is 1. The summed E-state index contributed by atoms with van der Waals surface area (Å²) in [5.74, 6) is 0.437. The van der Waals surface area contributed by atoms with Gasteiger partial charge in [-0.1, -0.05) is 25.4 Å². The van der Waals surface area contributed by atoms with Crippen molar-refractivity contribution >= 4 is 54.8 Å². The maximum absolute atomic E-state index is 13.6. The molecule has 4 rings (SSSR count). The lowest BCUT2D eigenvalue weighted by atomic mass is 9.94. The van der Waals surface area contributed by atoms with E-state index in [1.54, 1.807) is 19.1 Å². The summed E-state index contributed by atoms with van der Waals surface area (Å²) in [6, 6.07) is 4.78. The number of hydrogen-bond donors (Lipinski definition) is 1. The Balaban J connectivity index is 1.66. The van der Waals surface area contributed by atoms with Gasteiger partial charge in [0, 0.05) is 23.7 Å². The molecule has 12 heteroatoms. The van der Waals surface area contributed by atoms with E-state index in [-0.39, 0.29) is 28.7 Å². The molecule has 0 bridgehead atoms. The summed E-state index contributed by atoms with van der Waals surface area (Å²) < 4.78 is 35.0. The van der Waals surface area contributed by atoms with Gasteiger partial charge in [-0.15, -0.1) is 11.3 Å². The molecule has 35 heavy (non-hydrogen) atoms. The molecule has 188 valence electrons. The summed E-state index contributed by atoms with van der Waals surface area (Å²) in [7, 11) is -2.42. The van der Waals surface area contributed by atoms with E-state index in [1.807, 2.05) is 13.8 Å². The number of aromatic nitrogens is 2. The number of ether oxygens (including phenoxy) is 1. The van der Waals surface area contributed by atoms with Gasteiger partial charge in [-0.3, -0.25) is 14.2 Å². The monoisotopic (exact) mass is 538 g/mol. The fraction of sp³-hybridized carbons (Fsp3) is 0.435. The van der Waals surface area contributed by atoms with Crippen molar-refractivity contribution < 1.29 is 17.9 Å². The van der Waals surface area contributed by atoms with Crippen molar-refractivity contribution in [3.8, 4) is 5.75 Å². The van der Waals surface area contributed by atoms with Gasteiger partial charge in [0.15, 0.2) is 0 Å². The average Bonchev–Trinajstić information content (AvgIpc) is 3.12. The zero-order chi connectivity index (χ0) is 25.5. The van der Waals surface area contributed by atoms with E-state index in [4.69, 9.17) is 16.3 Å². The van der Waals surface area contributed by atoms with Crippen molar-refractivity contribution in [3.05, 3.63) is 44.8 Å². The molecule has 9 nitrogen and oxygen atoms in total. The number of hydrogen-bond acceptors (Lipinski definition) is 7. The van der Waals surface area contributed by atoms with Gasteiger partial charge in [0.2, 0.25) is 15.9 Å². The molecule has 0 aliphatic carbocycles. The first-order chi connectivity index (χ1) is 16.5. The average molecular weight is 539 g/mol. The second-order valence-electron chi connectivity index (χ2n) is 9.01. The molecule has 3 heterocycles. The molecule has 2 aromatic heterocycles. The van der Waals surface area contributed by atoms with E-state index in [1.165, 1.54) is 23.8 Å². The van der Waals surface area contributed by atoms with E-state index < -0.39 is 21.5 Å². The van der Waals surface area contributed by atoms with Gasteiger partial charge in [-0.2, -0.15) is 4.31 Å². The van der Waals surface area contributed by atoms with Gasteiger partial charge in [0.1, 0.15) is 22.0 Å². The molecule has 2 unspecified atom stereocenters. The van der Waals surface area contributed by atoms with Crippen LogP contribution in [0.4, 0.5) is 5.69 Å². The molecule has 1 N–H and O–H groups in total. The predicted molar refractivity (Wildman–Crippen MR) is 137 cm³/mol. The number of nitrogens with one attached hydrogen (secondary N) is 1. The topological polar surface area (TPSA) is 111 Å². The molecular weight excluding hydrogens is 512 g/mol. The molecule has 0 radical (unpaired) electrons. The minimum Gasteiger partial charge on any atom is -0.495 e. The third kappa shape index (κ3) is 5.09. The smallest absolute Gasteiger partial charge is 0.263 e. The Hall–Kier alpha value is -2.47. The summed E-state index contributed by atoms with van der Waals surface area (Å²) >= 11 is 7.27. The molecule has 1 amide bonds. The molecule has 2 atom stereocenters. The number of anilines is 1. The summed E-state index contributed by atoms with van der Waals surface area (Å²) in [6.07, 6.45) is 2.22. The highest BCUT2D eigenvalue weighted by atomic mass is 35.5. The first-order valence-corrected chi connectivity index (χ1v) is 13.8. The summed E-state index contributed by atoms with van der Waals surface area (Å²) in [5.41, 5.74) is -0.134. The number of aryl methyl sites for hydroxylation is 1. The van der Waals surface area contributed by atoms with Gasteiger partial charge in [-0.25, -0.2) is 13.4 Å². The standard InChI is InChI=1S/C23H27ClN4O5S2/c1-13-7-14(2)10-28(9-13)35(31,32)21-15(3)34-22-20(21)23(30)27(12-25-22)11-19(29)26-16-5-6-18(33-4)17(24)8-16/h5-6,8,12-14H,7,9-11H2,1-4H3,(H,26,29). The van der Waals surface area contributed by atoms with E-state index in [9.17, 15) is 18.0 Å². The van der Waals surface area contributed by atoms with E-state index in [0.717, 1.165) is 22.3 Å². The molecule has 0 spiro atoms. The van der Waals surface area contributed by atoms with Crippen molar-refractivity contribution in [1.82, 2.24) is 13.9 Å². The van der Waals surface area contributed by atoms with Crippen molar-refractivity contribution in [2.75, 3.05) is 25.5 Å². The van der Waals surface area contributed by atoms with Crippen LogP contribution in [0.25, 0.3) is 10.2 Å². The second kappa shape index (κ2) is 9.88. The maximum atomic E-state index is 13.6. The number of carbonyl (C=O) groups is 1. The van der Waals surface area contributed by atoms with E-state index in [0.29, 0.717) is 39.3 Å².